The van der Waals surface area contributed by atoms with Crippen molar-refractivity contribution in [1.29, 1.82) is 0 Å². The second-order valence-electron chi connectivity index (χ2n) is 3.08. The Morgan fingerprint density at radius 1 is 1.35 bits per heavy atom. The Kier molecular flexibility index (Phi) is 3.45. The number of nitro groups is 1. The largest absolute Gasteiger partial charge is 0.427 e. The molecule has 0 aliphatic heterocycles. The van der Waals surface area contributed by atoms with Crippen molar-refractivity contribution >= 4 is 11.5 Å². The summed E-state index contributed by atoms with van der Waals surface area (Å²) in [4.78, 5) is 20.5. The molecular formula is C9H5F4NO3. The van der Waals surface area contributed by atoms with Gasteiger partial charge in [-0.1, -0.05) is 12.1 Å². The van der Waals surface area contributed by atoms with Gasteiger partial charge in [0, 0.05) is 17.7 Å². The number of rotatable bonds is 3. The van der Waals surface area contributed by atoms with Crippen LogP contribution < -0.4 is 0 Å². The molecular weight excluding hydrogens is 246 g/mol. The van der Waals surface area contributed by atoms with Crippen molar-refractivity contribution in [3.05, 3.63) is 39.9 Å². The number of halogens is 4. The molecule has 0 aromatic heterocycles. The molecule has 0 amide bonds. The van der Waals surface area contributed by atoms with E-state index in [4.69, 9.17) is 0 Å². The number of benzene rings is 1. The first-order valence-corrected chi connectivity index (χ1v) is 4.23. The van der Waals surface area contributed by atoms with E-state index >= 15 is 0 Å². The Balaban J connectivity index is 3.05. The molecule has 17 heavy (non-hydrogen) atoms. The van der Waals surface area contributed by atoms with E-state index < -0.39 is 34.3 Å². The minimum atomic E-state index is -5.32. The van der Waals surface area contributed by atoms with Gasteiger partial charge in [0.2, 0.25) is 5.78 Å². The first kappa shape index (κ1) is 13.1. The minimum absolute atomic E-state index is 0.578. The number of hydrogen-bond acceptors (Lipinski definition) is 3. The van der Waals surface area contributed by atoms with Crippen LogP contribution in [0.4, 0.5) is 23.2 Å². The van der Waals surface area contributed by atoms with Gasteiger partial charge in [-0.3, -0.25) is 14.9 Å². The highest BCUT2D eigenvalue weighted by atomic mass is 19.4. The zero-order valence-electron chi connectivity index (χ0n) is 8.07. The molecule has 0 saturated heterocycles. The summed E-state index contributed by atoms with van der Waals surface area (Å²) in [6.45, 7) is 0. The SMILES string of the molecule is O=C(c1cccc([N+](=O)[O-])c1)C(F)C(F)(F)F. The Bertz CT molecular complexity index is 458. The molecule has 0 heterocycles. The zero-order chi connectivity index (χ0) is 13.2. The van der Waals surface area contributed by atoms with Crippen LogP contribution in [-0.4, -0.2) is 23.1 Å². The molecule has 0 fully saturated rings. The number of nitro benzene ring substituents is 1. The fourth-order valence-corrected chi connectivity index (χ4v) is 1.07. The van der Waals surface area contributed by atoms with Gasteiger partial charge in [0.05, 0.1) is 4.92 Å². The van der Waals surface area contributed by atoms with Crippen LogP contribution in [0.3, 0.4) is 0 Å². The molecule has 1 aromatic rings. The van der Waals surface area contributed by atoms with E-state index in [0.717, 1.165) is 18.2 Å². The number of hydrogen-bond donors (Lipinski definition) is 0. The number of alkyl halides is 4. The van der Waals surface area contributed by atoms with E-state index in [0.29, 0.717) is 6.07 Å². The summed E-state index contributed by atoms with van der Waals surface area (Å²) in [7, 11) is 0. The Labute approximate surface area is 92.0 Å². The first-order valence-electron chi connectivity index (χ1n) is 4.23. The van der Waals surface area contributed by atoms with Gasteiger partial charge in [0.1, 0.15) is 0 Å². The number of nitrogens with zero attached hydrogens (tertiary/aromatic N) is 1. The van der Waals surface area contributed by atoms with E-state index in [9.17, 15) is 32.5 Å². The van der Waals surface area contributed by atoms with Crippen LogP contribution in [0.2, 0.25) is 0 Å². The van der Waals surface area contributed by atoms with Crippen LogP contribution in [0, 0.1) is 10.1 Å². The van der Waals surface area contributed by atoms with Crippen LogP contribution in [0.1, 0.15) is 10.4 Å². The molecule has 1 rings (SSSR count). The summed E-state index contributed by atoms with van der Waals surface area (Å²) in [6.07, 6.45) is -8.99. The number of carbonyl (C=O) groups excluding carboxylic acids is 1. The molecule has 4 nitrogen and oxygen atoms in total. The van der Waals surface area contributed by atoms with E-state index in [1.54, 1.807) is 0 Å². The number of carbonyl (C=O) groups is 1. The predicted molar refractivity (Wildman–Crippen MR) is 48.4 cm³/mol. The summed E-state index contributed by atoms with van der Waals surface area (Å²) < 4.78 is 48.4. The van der Waals surface area contributed by atoms with Crippen molar-refractivity contribution in [2.45, 2.75) is 12.3 Å². The van der Waals surface area contributed by atoms with Crippen molar-refractivity contribution in [3.63, 3.8) is 0 Å². The lowest BCUT2D eigenvalue weighted by molar-refractivity contribution is -0.384. The zero-order valence-corrected chi connectivity index (χ0v) is 8.07. The van der Waals surface area contributed by atoms with Crippen LogP contribution in [-0.2, 0) is 0 Å². The highest BCUT2D eigenvalue weighted by molar-refractivity contribution is 6.00. The smallest absolute Gasteiger partial charge is 0.290 e. The molecule has 0 radical (unpaired) electrons. The summed E-state index contributed by atoms with van der Waals surface area (Å²) in [5.41, 5.74) is -1.27. The quantitative estimate of drug-likeness (QED) is 0.359. The van der Waals surface area contributed by atoms with E-state index in [1.165, 1.54) is 0 Å². The third kappa shape index (κ3) is 2.99. The van der Waals surface area contributed by atoms with Crippen molar-refractivity contribution in [1.82, 2.24) is 0 Å². The van der Waals surface area contributed by atoms with Crippen LogP contribution in [0.5, 0.6) is 0 Å². The molecule has 0 N–H and O–H groups in total. The van der Waals surface area contributed by atoms with Gasteiger partial charge in [-0.05, 0) is 0 Å². The lowest BCUT2D eigenvalue weighted by Gasteiger charge is -2.10. The molecule has 1 aromatic carbocycles. The third-order valence-corrected chi connectivity index (χ3v) is 1.86. The summed E-state index contributed by atoms with van der Waals surface area (Å²) in [6, 6.07) is 3.47. The van der Waals surface area contributed by atoms with Gasteiger partial charge < -0.3 is 0 Å². The van der Waals surface area contributed by atoms with E-state index in [1.807, 2.05) is 0 Å². The Morgan fingerprint density at radius 3 is 2.41 bits per heavy atom. The molecule has 0 aliphatic rings. The van der Waals surface area contributed by atoms with Crippen molar-refractivity contribution in [3.8, 4) is 0 Å². The fraction of sp³-hybridized carbons (Fsp3) is 0.222. The van der Waals surface area contributed by atoms with Crippen molar-refractivity contribution in [2.24, 2.45) is 0 Å². The summed E-state index contributed by atoms with van der Waals surface area (Å²) >= 11 is 0. The van der Waals surface area contributed by atoms with Gasteiger partial charge in [-0.15, -0.1) is 0 Å². The van der Waals surface area contributed by atoms with Gasteiger partial charge >= 0.3 is 6.18 Å². The maximum atomic E-state index is 12.7. The highest BCUT2D eigenvalue weighted by Crippen LogP contribution is 2.26. The van der Waals surface area contributed by atoms with Crippen LogP contribution >= 0.6 is 0 Å². The van der Waals surface area contributed by atoms with Gasteiger partial charge in [-0.2, -0.15) is 13.2 Å². The fourth-order valence-electron chi connectivity index (χ4n) is 1.07. The monoisotopic (exact) mass is 251 g/mol. The van der Waals surface area contributed by atoms with Gasteiger partial charge in [0.15, 0.2) is 0 Å². The molecule has 1 atom stereocenters. The second-order valence-corrected chi connectivity index (χ2v) is 3.08. The average Bonchev–Trinajstić information content (AvgIpc) is 2.26. The number of non-ortho nitro benzene ring substituents is 1. The topological polar surface area (TPSA) is 60.2 Å². The lowest BCUT2D eigenvalue weighted by atomic mass is 10.1. The van der Waals surface area contributed by atoms with E-state index in [2.05, 4.69) is 0 Å². The molecule has 0 aliphatic carbocycles. The highest BCUT2D eigenvalue weighted by Gasteiger charge is 2.45. The van der Waals surface area contributed by atoms with Crippen LogP contribution in [0.25, 0.3) is 0 Å². The molecule has 92 valence electrons. The molecule has 8 heteroatoms. The van der Waals surface area contributed by atoms with Gasteiger partial charge in [0.25, 0.3) is 11.9 Å². The normalized spacial score (nSPS) is 13.2. The van der Waals surface area contributed by atoms with Crippen molar-refractivity contribution in [2.75, 3.05) is 0 Å². The molecule has 0 spiro atoms. The Hall–Kier alpha value is -1.99. The molecule has 0 saturated carbocycles. The second kappa shape index (κ2) is 4.48. The number of ketones is 1. The van der Waals surface area contributed by atoms with E-state index in [-0.39, 0.29) is 0 Å². The average molecular weight is 251 g/mol. The summed E-state index contributed by atoms with van der Waals surface area (Å²) in [5.74, 6) is -1.85. The Morgan fingerprint density at radius 2 is 1.94 bits per heavy atom. The third-order valence-electron chi connectivity index (χ3n) is 1.86. The minimum Gasteiger partial charge on any atom is -0.290 e. The van der Waals surface area contributed by atoms with Crippen molar-refractivity contribution < 1.29 is 27.3 Å². The van der Waals surface area contributed by atoms with Crippen LogP contribution in [0.15, 0.2) is 24.3 Å². The maximum absolute atomic E-state index is 12.7. The standard InChI is InChI=1S/C9H5F4NO3/c10-8(9(11,12)13)7(15)5-2-1-3-6(4-5)14(16)17/h1-4,8H. The summed E-state index contributed by atoms with van der Waals surface area (Å²) in [5, 5.41) is 10.3. The first-order chi connectivity index (χ1) is 7.73. The van der Waals surface area contributed by atoms with Gasteiger partial charge in [-0.25, -0.2) is 4.39 Å². The molecule has 0 bridgehead atoms. The maximum Gasteiger partial charge on any atom is 0.427 e. The molecule has 1 unspecified atom stereocenters. The predicted octanol–water partition coefficient (Wildman–Crippen LogP) is 2.68. The lowest BCUT2D eigenvalue weighted by Crippen LogP contribution is -2.32. The number of Topliss-reactive ketones (excluding diaryl/α,β-unsaturated/α-hetero) is 1.